The fraction of sp³-hybridized carbons (Fsp3) is 0.684. The van der Waals surface area contributed by atoms with Crippen molar-refractivity contribution in [2.75, 3.05) is 7.11 Å². The molecule has 0 bridgehead atoms. The first-order valence-corrected chi connectivity index (χ1v) is 9.46. The maximum Gasteiger partial charge on any atom is 0.355 e. The summed E-state index contributed by atoms with van der Waals surface area (Å²) in [5.74, 6) is -0.678. The fourth-order valence-electron chi connectivity index (χ4n) is 2.76. The van der Waals surface area contributed by atoms with Gasteiger partial charge in [-0.15, -0.1) is 11.6 Å². The van der Waals surface area contributed by atoms with E-state index < -0.39 is 5.97 Å². The third kappa shape index (κ3) is 7.52. The molecule has 1 unspecified atom stereocenters. The molecule has 4 nitrogen and oxygen atoms in total. The lowest BCUT2D eigenvalue weighted by molar-refractivity contribution is 0.0580. The van der Waals surface area contributed by atoms with Gasteiger partial charge in [-0.05, 0) is 18.6 Å². The summed E-state index contributed by atoms with van der Waals surface area (Å²) in [6.07, 6.45) is 12.7. The average molecular weight is 356 g/mol. The summed E-state index contributed by atoms with van der Waals surface area (Å²) in [6, 6.07) is 3.23. The molecule has 1 atom stereocenters. The van der Waals surface area contributed by atoms with E-state index in [1.807, 2.05) is 0 Å². The molecule has 1 aromatic rings. The van der Waals surface area contributed by atoms with Crippen molar-refractivity contribution in [2.45, 2.75) is 76.5 Å². The van der Waals surface area contributed by atoms with Crippen LogP contribution < -0.4 is 0 Å². The van der Waals surface area contributed by atoms with Crippen LogP contribution in [0.1, 0.15) is 86.4 Å². The molecule has 5 heteroatoms. The fourth-order valence-corrected chi connectivity index (χ4v) is 3.05. The van der Waals surface area contributed by atoms with Crippen molar-refractivity contribution < 1.29 is 14.3 Å². The van der Waals surface area contributed by atoms with Crippen LogP contribution in [-0.2, 0) is 4.74 Å². The zero-order chi connectivity index (χ0) is 17.8. The van der Waals surface area contributed by atoms with Gasteiger partial charge >= 0.3 is 5.97 Å². The van der Waals surface area contributed by atoms with Gasteiger partial charge in [-0.1, -0.05) is 58.3 Å². The van der Waals surface area contributed by atoms with Gasteiger partial charge in [0.2, 0.25) is 5.91 Å². The number of ether oxygens (including phenoxy) is 1. The second-order valence-electron chi connectivity index (χ2n) is 6.21. The molecule has 1 heterocycles. The first-order chi connectivity index (χ1) is 11.6. The molecule has 0 fully saturated rings. The van der Waals surface area contributed by atoms with E-state index in [4.69, 9.17) is 11.6 Å². The molecule has 136 valence electrons. The summed E-state index contributed by atoms with van der Waals surface area (Å²) in [5, 5.41) is -0.189. The second kappa shape index (κ2) is 12.1. The van der Waals surface area contributed by atoms with Gasteiger partial charge in [0, 0.05) is 18.0 Å². The average Bonchev–Trinajstić information content (AvgIpc) is 3.06. The van der Waals surface area contributed by atoms with Gasteiger partial charge in [-0.2, -0.15) is 0 Å². The van der Waals surface area contributed by atoms with Crippen molar-refractivity contribution in [3.05, 3.63) is 24.0 Å². The normalized spacial score (nSPS) is 12.1. The van der Waals surface area contributed by atoms with Crippen LogP contribution in [0.5, 0.6) is 0 Å². The Kier molecular flexibility index (Phi) is 10.5. The summed E-state index contributed by atoms with van der Waals surface area (Å²) in [4.78, 5) is 23.9. The summed E-state index contributed by atoms with van der Waals surface area (Å²) in [6.45, 7) is 2.23. The standard InChI is InChI=1S/C19H30ClNO3/c1-3-4-5-6-7-8-9-10-12-16(20)15-18(22)21-14-11-13-17(21)19(23)24-2/h11,13-14,16H,3-10,12,15H2,1-2H3. The number of rotatable bonds is 12. The van der Waals surface area contributed by atoms with Crippen molar-refractivity contribution in [3.63, 3.8) is 0 Å². The first kappa shape index (κ1) is 20.8. The molecular weight excluding hydrogens is 326 g/mol. The molecule has 0 aromatic carbocycles. The van der Waals surface area contributed by atoms with Gasteiger partial charge in [0.25, 0.3) is 0 Å². The number of esters is 1. The predicted octanol–water partition coefficient (Wildman–Crippen LogP) is 5.44. The van der Waals surface area contributed by atoms with Crippen molar-refractivity contribution in [1.82, 2.24) is 4.57 Å². The van der Waals surface area contributed by atoms with Crippen molar-refractivity contribution >= 4 is 23.5 Å². The number of aromatic nitrogens is 1. The largest absolute Gasteiger partial charge is 0.464 e. The number of hydrogen-bond donors (Lipinski definition) is 0. The van der Waals surface area contributed by atoms with Crippen molar-refractivity contribution in [2.24, 2.45) is 0 Å². The molecule has 0 saturated carbocycles. The number of carbonyl (C=O) groups is 2. The smallest absolute Gasteiger partial charge is 0.355 e. The maximum atomic E-state index is 12.3. The van der Waals surface area contributed by atoms with E-state index in [1.54, 1.807) is 18.3 Å². The van der Waals surface area contributed by atoms with E-state index in [0.29, 0.717) is 0 Å². The highest BCUT2D eigenvalue weighted by Gasteiger charge is 2.18. The lowest BCUT2D eigenvalue weighted by Crippen LogP contribution is -2.20. The highest BCUT2D eigenvalue weighted by Crippen LogP contribution is 2.17. The highest BCUT2D eigenvalue weighted by molar-refractivity contribution is 6.21. The van der Waals surface area contributed by atoms with Gasteiger partial charge in [0.1, 0.15) is 5.69 Å². The lowest BCUT2D eigenvalue weighted by atomic mass is 10.1. The van der Waals surface area contributed by atoms with E-state index in [9.17, 15) is 9.59 Å². The molecule has 0 aliphatic rings. The molecule has 24 heavy (non-hydrogen) atoms. The molecule has 1 rings (SSSR count). The highest BCUT2D eigenvalue weighted by atomic mass is 35.5. The predicted molar refractivity (Wildman–Crippen MR) is 97.9 cm³/mol. The van der Waals surface area contributed by atoms with Crippen LogP contribution >= 0.6 is 11.6 Å². The summed E-state index contributed by atoms with van der Waals surface area (Å²) >= 11 is 6.29. The van der Waals surface area contributed by atoms with Crippen LogP contribution in [0, 0.1) is 0 Å². The molecular formula is C19H30ClNO3. The minimum atomic E-state index is -0.512. The molecule has 1 aromatic heterocycles. The van der Waals surface area contributed by atoms with Gasteiger partial charge in [-0.3, -0.25) is 9.36 Å². The van der Waals surface area contributed by atoms with Crippen LogP contribution in [0.25, 0.3) is 0 Å². The number of carbonyl (C=O) groups excluding carboxylic acids is 2. The van der Waals surface area contributed by atoms with Crippen LogP contribution in [0.2, 0.25) is 0 Å². The number of alkyl halides is 1. The Morgan fingerprint density at radius 1 is 1.12 bits per heavy atom. The van der Waals surface area contributed by atoms with E-state index in [2.05, 4.69) is 11.7 Å². The molecule has 0 N–H and O–H groups in total. The molecule has 0 radical (unpaired) electrons. The van der Waals surface area contributed by atoms with Gasteiger partial charge in [0.05, 0.1) is 7.11 Å². The minimum Gasteiger partial charge on any atom is -0.464 e. The summed E-state index contributed by atoms with van der Waals surface area (Å²) in [5.41, 5.74) is 0.249. The Bertz CT molecular complexity index is 499. The third-order valence-corrected chi connectivity index (χ3v) is 4.55. The van der Waals surface area contributed by atoms with E-state index in [1.165, 1.54) is 56.6 Å². The number of unbranched alkanes of at least 4 members (excludes halogenated alkanes) is 7. The van der Waals surface area contributed by atoms with E-state index in [0.717, 1.165) is 12.8 Å². The minimum absolute atomic E-state index is 0.167. The van der Waals surface area contributed by atoms with Crippen molar-refractivity contribution in [3.8, 4) is 0 Å². The Hall–Kier alpha value is -1.29. The second-order valence-corrected chi connectivity index (χ2v) is 6.83. The zero-order valence-corrected chi connectivity index (χ0v) is 15.7. The Balaban J connectivity index is 2.23. The first-order valence-electron chi connectivity index (χ1n) is 9.03. The van der Waals surface area contributed by atoms with Crippen LogP contribution in [-0.4, -0.2) is 28.9 Å². The molecule has 0 saturated heterocycles. The molecule has 0 amide bonds. The van der Waals surface area contributed by atoms with Crippen LogP contribution in [0.4, 0.5) is 0 Å². The summed E-state index contributed by atoms with van der Waals surface area (Å²) in [7, 11) is 1.30. The van der Waals surface area contributed by atoms with Gasteiger partial charge < -0.3 is 4.74 Å². The van der Waals surface area contributed by atoms with Crippen LogP contribution in [0.3, 0.4) is 0 Å². The number of methoxy groups -OCH3 is 1. The Morgan fingerprint density at radius 2 is 1.75 bits per heavy atom. The van der Waals surface area contributed by atoms with Crippen molar-refractivity contribution in [1.29, 1.82) is 0 Å². The lowest BCUT2D eigenvalue weighted by Gasteiger charge is -2.11. The molecule has 0 aliphatic carbocycles. The molecule has 0 aliphatic heterocycles. The van der Waals surface area contributed by atoms with Crippen LogP contribution in [0.15, 0.2) is 18.3 Å². The Labute approximate surface area is 150 Å². The quantitative estimate of drug-likeness (QED) is 0.285. The Morgan fingerprint density at radius 3 is 2.38 bits per heavy atom. The number of hydrogen-bond acceptors (Lipinski definition) is 3. The summed E-state index contributed by atoms with van der Waals surface area (Å²) < 4.78 is 6.00. The molecule has 0 spiro atoms. The maximum absolute atomic E-state index is 12.3. The monoisotopic (exact) mass is 355 g/mol. The topological polar surface area (TPSA) is 48.3 Å². The zero-order valence-electron chi connectivity index (χ0n) is 14.9. The number of nitrogens with zero attached hydrogens (tertiary/aromatic N) is 1. The van der Waals surface area contributed by atoms with E-state index in [-0.39, 0.29) is 23.4 Å². The third-order valence-electron chi connectivity index (χ3n) is 4.18. The van der Waals surface area contributed by atoms with E-state index >= 15 is 0 Å². The SMILES string of the molecule is CCCCCCCCCCC(Cl)CC(=O)n1cccc1C(=O)OC. The number of halogens is 1. The van der Waals surface area contributed by atoms with Gasteiger partial charge in [0.15, 0.2) is 0 Å². The van der Waals surface area contributed by atoms with Gasteiger partial charge in [-0.25, -0.2) is 4.79 Å².